The highest BCUT2D eigenvalue weighted by atomic mass is 16.3. The zero-order chi connectivity index (χ0) is 69.5. The van der Waals surface area contributed by atoms with Gasteiger partial charge >= 0.3 is 0 Å². The number of aromatic nitrogens is 10. The van der Waals surface area contributed by atoms with Crippen LogP contribution in [0.3, 0.4) is 0 Å². The van der Waals surface area contributed by atoms with E-state index in [2.05, 4.69) is 140 Å². The molecule has 8 N–H and O–H groups in total. The fourth-order valence-electron chi connectivity index (χ4n) is 14.6. The van der Waals surface area contributed by atoms with Crippen molar-refractivity contribution < 1.29 is 23.6 Å². The molecule has 3 saturated heterocycles. The highest BCUT2D eigenvalue weighted by Crippen LogP contribution is 2.41. The van der Waals surface area contributed by atoms with Crippen molar-refractivity contribution in [3.05, 3.63) is 174 Å². The van der Waals surface area contributed by atoms with Gasteiger partial charge < -0.3 is 80.6 Å². The van der Waals surface area contributed by atoms with Gasteiger partial charge in [-0.15, -0.1) is 0 Å². The van der Waals surface area contributed by atoms with Crippen molar-refractivity contribution in [3.63, 3.8) is 0 Å². The van der Waals surface area contributed by atoms with E-state index in [1.807, 2.05) is 91.6 Å². The first-order valence-electron chi connectivity index (χ1n) is 34.5. The summed E-state index contributed by atoms with van der Waals surface area (Å²) in [5, 5.41) is 19.8. The molecule has 0 radical (unpaired) electrons. The van der Waals surface area contributed by atoms with Crippen LogP contribution in [0.15, 0.2) is 139 Å². The lowest BCUT2D eigenvalue weighted by molar-refractivity contribution is -0.118. The van der Waals surface area contributed by atoms with E-state index in [0.717, 1.165) is 182 Å². The van der Waals surface area contributed by atoms with Crippen LogP contribution in [0.25, 0.3) is 55.9 Å². The molecule has 102 heavy (non-hydrogen) atoms. The first kappa shape index (κ1) is 64.8. The monoisotopic (exact) mass is 1370 g/mol. The molecule has 9 aromatic heterocycles. The molecule has 18 rings (SSSR count). The summed E-state index contributed by atoms with van der Waals surface area (Å²) in [4.78, 5) is 99.9. The van der Waals surface area contributed by atoms with E-state index in [0.29, 0.717) is 82.0 Å². The third-order valence-corrected chi connectivity index (χ3v) is 20.2. The fourth-order valence-corrected chi connectivity index (χ4v) is 14.6. The number of pyridine rings is 6. The van der Waals surface area contributed by atoms with Crippen LogP contribution in [-0.4, -0.2) is 187 Å². The number of imidazole rings is 1. The van der Waals surface area contributed by atoms with E-state index >= 15 is 0 Å². The smallest absolute Gasteiger partial charge is 0.254 e. The second kappa shape index (κ2) is 27.7. The van der Waals surface area contributed by atoms with Gasteiger partial charge in [-0.1, -0.05) is 12.1 Å². The van der Waals surface area contributed by atoms with Crippen molar-refractivity contribution in [2.24, 2.45) is 5.73 Å². The van der Waals surface area contributed by atoms with Crippen LogP contribution >= 0.6 is 0 Å². The third kappa shape index (κ3) is 12.9. The Morgan fingerprint density at radius 3 is 1.52 bits per heavy atom. The number of rotatable bonds is 14. The van der Waals surface area contributed by atoms with E-state index in [-0.39, 0.29) is 24.3 Å². The van der Waals surface area contributed by atoms with Crippen LogP contribution in [0.5, 0.6) is 0 Å². The van der Waals surface area contributed by atoms with Gasteiger partial charge in [0.2, 0.25) is 11.6 Å². The molecule has 0 spiro atoms. The van der Waals surface area contributed by atoms with Gasteiger partial charge in [-0.3, -0.25) is 24.2 Å². The standard InChI is InChI=1S/C27H28N8O2.C24H23N7O2.C23H26N8O/c1-33-10-12-34(13-11-33)17-2-5-24(30-14-17)32-22-4-3-18(21-15-31-27(37)25(21)22)19-6-8-29-26-20(19)7-9-35(26)16-23(28)36;1-30-8-10-31(11-9-30)15-2-5-20(26-12-15)29-19-4-3-16(18-13-27-23(32)21(18)19)17-6-7-25-24-22(17)28-14-33-24;1-29-7-9-30(10-8-29)15-4-5-19(24-11-15)28-17-13-26-22(16-12-27-23(32)21(16)17)18-14-25-20-3-2-6-31(18)20/h2-9,14H,10-13,15-16H2,1H3,(H2,28,36)(H,30,32)(H,31,37);2-7,12,14H,8-11,13H2,1H3,(H,26,29)(H,27,32);4-5,11,13-14H,2-3,6-10,12H2,1H3,(H,24,28)(H,27,32). The maximum atomic E-state index is 12.9. The number of piperazine rings is 3. The summed E-state index contributed by atoms with van der Waals surface area (Å²) in [5.41, 5.74) is 22.9. The minimum atomic E-state index is -0.430. The molecule has 0 atom stereocenters. The molecule has 0 unspecified atom stereocenters. The lowest BCUT2D eigenvalue weighted by Crippen LogP contribution is -2.44. The second-order valence-corrected chi connectivity index (χ2v) is 26.6. The van der Waals surface area contributed by atoms with Crippen LogP contribution in [0, 0.1) is 0 Å². The molecule has 7 aliphatic heterocycles. The molecule has 0 aliphatic carbocycles. The summed E-state index contributed by atoms with van der Waals surface area (Å²) in [5.74, 6) is 2.44. The molecule has 3 fully saturated rings. The number of anilines is 9. The van der Waals surface area contributed by atoms with Crippen molar-refractivity contribution in [2.45, 2.75) is 45.6 Å². The zero-order valence-corrected chi connectivity index (χ0v) is 56.9. The van der Waals surface area contributed by atoms with Crippen LogP contribution in [-0.2, 0) is 43.9 Å². The van der Waals surface area contributed by atoms with Crippen LogP contribution in [0.2, 0.25) is 0 Å². The highest BCUT2D eigenvalue weighted by molar-refractivity contribution is 6.09. The number of likely N-dealkylation sites (N-methyl/N-ethyl adjacent to an activating group) is 3. The Morgan fingerprint density at radius 1 is 0.490 bits per heavy atom. The Labute approximate surface area is 587 Å². The number of primary amides is 1. The summed E-state index contributed by atoms with van der Waals surface area (Å²) >= 11 is 0. The number of hydrogen-bond acceptors (Lipinski definition) is 22. The molecule has 7 aliphatic rings. The van der Waals surface area contributed by atoms with E-state index in [1.165, 1.54) is 6.39 Å². The number of benzene rings is 2. The Hall–Kier alpha value is -11.9. The van der Waals surface area contributed by atoms with E-state index in [4.69, 9.17) is 15.1 Å². The molecule has 28 heteroatoms. The lowest BCUT2D eigenvalue weighted by Gasteiger charge is -2.33. The predicted octanol–water partition coefficient (Wildman–Crippen LogP) is 7.37. The van der Waals surface area contributed by atoms with Gasteiger partial charge in [0, 0.05) is 146 Å². The Bertz CT molecular complexity index is 5010. The van der Waals surface area contributed by atoms with Gasteiger partial charge in [0.1, 0.15) is 41.0 Å². The van der Waals surface area contributed by atoms with Crippen molar-refractivity contribution >= 4 is 97.5 Å². The predicted molar refractivity (Wildman–Crippen MR) is 391 cm³/mol. The maximum Gasteiger partial charge on any atom is 0.254 e. The Morgan fingerprint density at radius 2 is 0.990 bits per heavy atom. The van der Waals surface area contributed by atoms with Crippen LogP contribution < -0.4 is 52.3 Å². The van der Waals surface area contributed by atoms with Gasteiger partial charge in [-0.2, -0.15) is 0 Å². The number of fused-ring (bicyclic) bond motifs is 6. The number of aryl methyl sites for hydroxylation is 1. The van der Waals surface area contributed by atoms with Crippen molar-refractivity contribution in [3.8, 4) is 33.6 Å². The number of nitrogens with zero attached hydrogens (tertiary/aromatic N) is 16. The molecule has 2 aromatic carbocycles. The summed E-state index contributed by atoms with van der Waals surface area (Å²) in [6.07, 6.45) is 18.0. The SMILES string of the molecule is CN1CCN(c2ccc(Nc3ccc(-c4ccnc5c4ccn5CC(N)=O)c4c3C(=O)NC4)nc2)CC1.CN1CCN(c2ccc(Nc3ccc(-c4ccnc5ocnc45)c4c3C(=O)NC4)nc2)CC1.CN1CCN(c2ccc(Nc3cnc(-c4cnc5n4CCC5)c4c3C(=O)NC4)nc2)CC1. The number of carbonyl (C=O) groups excluding carboxylic acids is 4. The van der Waals surface area contributed by atoms with Gasteiger partial charge in [0.15, 0.2) is 6.39 Å². The number of oxazole rings is 1. The number of nitrogens with one attached hydrogen (secondary N) is 6. The lowest BCUT2D eigenvalue weighted by atomic mass is 9.94. The summed E-state index contributed by atoms with van der Waals surface area (Å²) < 4.78 is 9.30. The highest BCUT2D eigenvalue weighted by Gasteiger charge is 2.32. The molecule has 11 aromatic rings. The Balaban J connectivity index is 0.000000119. The minimum Gasteiger partial charge on any atom is -0.425 e. The molecule has 0 saturated carbocycles. The summed E-state index contributed by atoms with van der Waals surface area (Å²) in [6.45, 7) is 14.6. The number of hydrogen-bond donors (Lipinski definition) is 7. The van der Waals surface area contributed by atoms with Gasteiger partial charge in [0.05, 0.1) is 93.2 Å². The van der Waals surface area contributed by atoms with Crippen molar-refractivity contribution in [1.82, 2.24) is 79.7 Å². The third-order valence-electron chi connectivity index (χ3n) is 20.2. The average Bonchev–Trinajstić information content (AvgIpc) is 1.58. The molecule has 4 amide bonds. The topological polar surface area (TPSA) is 312 Å². The zero-order valence-electron chi connectivity index (χ0n) is 56.9. The van der Waals surface area contributed by atoms with E-state index < -0.39 is 5.91 Å². The number of nitrogens with two attached hydrogens (primary N) is 1. The van der Waals surface area contributed by atoms with E-state index in [9.17, 15) is 19.2 Å². The second-order valence-electron chi connectivity index (χ2n) is 26.6. The molecule has 518 valence electrons. The Kier molecular flexibility index (Phi) is 17.6. The van der Waals surface area contributed by atoms with Gasteiger partial charge in [0.25, 0.3) is 17.7 Å². The fraction of sp³-hybridized carbons (Fsp3) is 0.297. The van der Waals surface area contributed by atoms with Gasteiger partial charge in [-0.25, -0.2) is 34.9 Å². The van der Waals surface area contributed by atoms with Crippen LogP contribution in [0.1, 0.15) is 60.0 Å². The van der Waals surface area contributed by atoms with Gasteiger partial charge in [-0.05, 0) is 122 Å². The summed E-state index contributed by atoms with van der Waals surface area (Å²) in [6, 6.07) is 25.7. The largest absolute Gasteiger partial charge is 0.425 e. The normalized spacial score (nSPS) is 16.5. The molecule has 0 bridgehead atoms. The quantitative estimate of drug-likeness (QED) is 0.0559. The molecular weight excluding hydrogens is 1290 g/mol. The van der Waals surface area contributed by atoms with Crippen molar-refractivity contribution in [1.29, 1.82) is 0 Å². The number of carbonyl (C=O) groups is 4. The molecule has 28 nitrogen and oxygen atoms in total. The average molecular weight is 1370 g/mol. The summed E-state index contributed by atoms with van der Waals surface area (Å²) in [7, 11) is 6.43. The number of amides is 4. The maximum absolute atomic E-state index is 12.9. The minimum absolute atomic E-state index is 0.0571. The van der Waals surface area contributed by atoms with E-state index in [1.54, 1.807) is 23.2 Å². The van der Waals surface area contributed by atoms with Crippen LogP contribution in [0.4, 0.5) is 51.6 Å². The first-order chi connectivity index (χ1) is 49.8. The molecular formula is C74H77N23O5. The first-order valence-corrected chi connectivity index (χ1v) is 34.5. The molecule has 16 heterocycles. The van der Waals surface area contributed by atoms with Crippen molar-refractivity contribution in [2.75, 3.05) is 130 Å².